The van der Waals surface area contributed by atoms with Gasteiger partial charge in [-0.15, -0.1) is 0 Å². The number of rotatable bonds is 6. The van der Waals surface area contributed by atoms with Crippen LogP contribution in [0.4, 0.5) is 0 Å². The third kappa shape index (κ3) is 4.52. The fraction of sp³-hybridized carbons (Fsp3) is 0.500. The molecule has 0 bridgehead atoms. The van der Waals surface area contributed by atoms with E-state index in [0.29, 0.717) is 22.5 Å². The van der Waals surface area contributed by atoms with Crippen LogP contribution in [0, 0.1) is 0 Å². The molecule has 1 aliphatic heterocycles. The average molecular weight is 410 g/mol. The van der Waals surface area contributed by atoms with E-state index in [4.69, 9.17) is 0 Å². The molecule has 1 aromatic heterocycles. The molecular weight excluding hydrogens is 386 g/mol. The van der Waals surface area contributed by atoms with E-state index in [2.05, 4.69) is 10.3 Å². The molecule has 0 radical (unpaired) electrons. The van der Waals surface area contributed by atoms with E-state index in [1.807, 2.05) is 26.0 Å². The van der Waals surface area contributed by atoms with Crippen LogP contribution in [-0.2, 0) is 14.6 Å². The van der Waals surface area contributed by atoms with Gasteiger partial charge in [0.15, 0.2) is 15.0 Å². The first-order valence-electron chi connectivity index (χ1n) is 8.94. The predicted molar refractivity (Wildman–Crippen MR) is 107 cm³/mol. The number of thioether (sulfide) groups is 1. The fourth-order valence-electron chi connectivity index (χ4n) is 3.11. The van der Waals surface area contributed by atoms with Crippen molar-refractivity contribution < 1.29 is 13.2 Å². The number of carbonyl (C=O) groups is 1. The molecule has 2 atom stereocenters. The summed E-state index contributed by atoms with van der Waals surface area (Å²) in [7, 11) is -3.04. The summed E-state index contributed by atoms with van der Waals surface area (Å²) in [6.45, 7) is 3.94. The van der Waals surface area contributed by atoms with Crippen molar-refractivity contribution in [2.45, 2.75) is 43.9 Å². The van der Waals surface area contributed by atoms with Crippen LogP contribution in [0.2, 0.25) is 0 Å². The number of amides is 1. The summed E-state index contributed by atoms with van der Waals surface area (Å²) in [4.78, 5) is 29.7. The van der Waals surface area contributed by atoms with Crippen molar-refractivity contribution in [1.82, 2.24) is 14.9 Å². The highest BCUT2D eigenvalue weighted by atomic mass is 32.2. The number of carbonyl (C=O) groups excluding carboxylic acids is 1. The van der Waals surface area contributed by atoms with Crippen molar-refractivity contribution in [3.63, 3.8) is 0 Å². The molecule has 1 aromatic carbocycles. The van der Waals surface area contributed by atoms with Gasteiger partial charge >= 0.3 is 0 Å². The highest BCUT2D eigenvalue weighted by Gasteiger charge is 2.29. The quantitative estimate of drug-likeness (QED) is 0.577. The van der Waals surface area contributed by atoms with E-state index in [1.165, 1.54) is 11.8 Å². The lowest BCUT2D eigenvalue weighted by Crippen LogP contribution is -2.37. The van der Waals surface area contributed by atoms with Gasteiger partial charge in [0, 0.05) is 12.1 Å². The zero-order chi connectivity index (χ0) is 19.6. The van der Waals surface area contributed by atoms with Gasteiger partial charge in [0.25, 0.3) is 5.56 Å². The molecule has 27 heavy (non-hydrogen) atoms. The van der Waals surface area contributed by atoms with Gasteiger partial charge in [-0.1, -0.05) is 30.8 Å². The number of para-hydroxylation sites is 1. The zero-order valence-corrected chi connectivity index (χ0v) is 17.0. The maximum atomic E-state index is 12.9. The van der Waals surface area contributed by atoms with Gasteiger partial charge in [-0.25, -0.2) is 13.4 Å². The van der Waals surface area contributed by atoms with E-state index < -0.39 is 9.84 Å². The molecule has 0 saturated carbocycles. The van der Waals surface area contributed by atoms with Crippen LogP contribution in [0.15, 0.2) is 34.2 Å². The van der Waals surface area contributed by atoms with Crippen molar-refractivity contribution in [3.8, 4) is 0 Å². The molecule has 0 aliphatic carbocycles. The lowest BCUT2D eigenvalue weighted by atomic mass is 10.2. The fourth-order valence-corrected chi connectivity index (χ4v) is 5.69. The van der Waals surface area contributed by atoms with Crippen molar-refractivity contribution in [3.05, 3.63) is 34.6 Å². The van der Waals surface area contributed by atoms with E-state index in [1.54, 1.807) is 16.7 Å². The van der Waals surface area contributed by atoms with E-state index in [0.717, 1.165) is 6.42 Å². The summed E-state index contributed by atoms with van der Waals surface area (Å²) < 4.78 is 24.7. The monoisotopic (exact) mass is 409 g/mol. The minimum absolute atomic E-state index is 0.00475. The molecule has 0 unspecified atom stereocenters. The molecule has 7 nitrogen and oxygen atoms in total. The number of hydrogen-bond acceptors (Lipinski definition) is 6. The van der Waals surface area contributed by atoms with Gasteiger partial charge in [-0.2, -0.15) is 0 Å². The largest absolute Gasteiger partial charge is 0.352 e. The second-order valence-corrected chi connectivity index (χ2v) is 9.97. The highest BCUT2D eigenvalue weighted by molar-refractivity contribution is 7.99. The predicted octanol–water partition coefficient (Wildman–Crippen LogP) is 1.76. The second-order valence-electron chi connectivity index (χ2n) is 6.80. The van der Waals surface area contributed by atoms with Crippen LogP contribution in [0.5, 0.6) is 0 Å². The van der Waals surface area contributed by atoms with E-state index >= 15 is 0 Å². The SMILES string of the molecule is CC[C@@H](C)n1c(SCC(=O)N[C@@H]2CCS(=O)(=O)C2)nc2ccccc2c1=O. The molecule has 1 fully saturated rings. The molecule has 1 N–H and O–H groups in total. The Hall–Kier alpha value is -1.87. The van der Waals surface area contributed by atoms with Crippen molar-refractivity contribution in [1.29, 1.82) is 0 Å². The Bertz CT molecular complexity index is 1020. The minimum atomic E-state index is -3.04. The van der Waals surface area contributed by atoms with Crippen LogP contribution in [0.25, 0.3) is 10.9 Å². The van der Waals surface area contributed by atoms with Crippen molar-refractivity contribution in [2.75, 3.05) is 17.3 Å². The molecular formula is C18H23N3O4S2. The summed E-state index contributed by atoms with van der Waals surface area (Å²) in [6.07, 6.45) is 1.21. The number of nitrogens with zero attached hydrogens (tertiary/aromatic N) is 2. The molecule has 9 heteroatoms. The van der Waals surface area contributed by atoms with Crippen LogP contribution < -0.4 is 10.9 Å². The number of benzene rings is 1. The summed E-state index contributed by atoms with van der Waals surface area (Å²) in [5.74, 6) is -0.0575. The molecule has 3 rings (SSSR count). The summed E-state index contributed by atoms with van der Waals surface area (Å²) >= 11 is 1.20. The van der Waals surface area contributed by atoms with Crippen molar-refractivity contribution >= 4 is 38.4 Å². The Morgan fingerprint density at radius 2 is 2.15 bits per heavy atom. The van der Waals surface area contributed by atoms with Gasteiger partial charge in [-0.3, -0.25) is 14.2 Å². The average Bonchev–Trinajstić information content (AvgIpc) is 2.98. The Kier molecular flexibility index (Phi) is 5.90. The highest BCUT2D eigenvalue weighted by Crippen LogP contribution is 2.22. The zero-order valence-electron chi connectivity index (χ0n) is 15.3. The first-order valence-corrected chi connectivity index (χ1v) is 11.8. The minimum Gasteiger partial charge on any atom is -0.352 e. The lowest BCUT2D eigenvalue weighted by Gasteiger charge is -2.18. The summed E-state index contributed by atoms with van der Waals surface area (Å²) in [6, 6.07) is 6.80. The molecule has 0 spiro atoms. The van der Waals surface area contributed by atoms with Crippen molar-refractivity contribution in [2.24, 2.45) is 0 Å². The number of aromatic nitrogens is 2. The molecule has 2 heterocycles. The lowest BCUT2D eigenvalue weighted by molar-refractivity contribution is -0.119. The Morgan fingerprint density at radius 1 is 1.41 bits per heavy atom. The van der Waals surface area contributed by atoms with Gasteiger partial charge < -0.3 is 5.32 Å². The van der Waals surface area contributed by atoms with Crippen LogP contribution in [0.1, 0.15) is 32.7 Å². The van der Waals surface area contributed by atoms with Gasteiger partial charge in [0.05, 0.1) is 28.2 Å². The maximum Gasteiger partial charge on any atom is 0.262 e. The summed E-state index contributed by atoms with van der Waals surface area (Å²) in [5.41, 5.74) is 0.492. The van der Waals surface area contributed by atoms with Crippen LogP contribution in [-0.4, -0.2) is 47.2 Å². The van der Waals surface area contributed by atoms with Crippen LogP contribution in [0.3, 0.4) is 0 Å². The Morgan fingerprint density at radius 3 is 2.81 bits per heavy atom. The first-order chi connectivity index (χ1) is 12.8. The molecule has 146 valence electrons. The molecule has 1 aliphatic rings. The summed E-state index contributed by atoms with van der Waals surface area (Å²) in [5, 5.41) is 3.83. The third-order valence-electron chi connectivity index (χ3n) is 4.74. The number of sulfone groups is 1. The van der Waals surface area contributed by atoms with E-state index in [9.17, 15) is 18.0 Å². The standard InChI is InChI=1S/C18H23N3O4S2/c1-3-12(2)21-17(23)14-6-4-5-7-15(14)20-18(21)26-10-16(22)19-13-8-9-27(24,25)11-13/h4-7,12-13H,3,8-11H2,1-2H3,(H,19,22)/t12-,13-/m1/s1. The van der Waals surface area contributed by atoms with Crippen LogP contribution >= 0.6 is 11.8 Å². The Labute approximate surface area is 162 Å². The molecule has 1 saturated heterocycles. The van der Waals surface area contributed by atoms with E-state index in [-0.39, 0.29) is 40.8 Å². The maximum absolute atomic E-state index is 12.9. The Balaban J connectivity index is 1.79. The second kappa shape index (κ2) is 8.02. The topological polar surface area (TPSA) is 98.1 Å². The third-order valence-corrected chi connectivity index (χ3v) is 7.46. The first kappa shape index (κ1) is 19.9. The van der Waals surface area contributed by atoms with Gasteiger partial charge in [0.2, 0.25) is 5.91 Å². The number of fused-ring (bicyclic) bond motifs is 1. The normalized spacial score (nSPS) is 19.9. The molecule has 2 aromatic rings. The number of hydrogen-bond donors (Lipinski definition) is 1. The van der Waals surface area contributed by atoms with Gasteiger partial charge in [0.1, 0.15) is 0 Å². The number of nitrogens with one attached hydrogen (secondary N) is 1. The molecule has 1 amide bonds. The van der Waals surface area contributed by atoms with Gasteiger partial charge in [-0.05, 0) is 31.9 Å². The smallest absolute Gasteiger partial charge is 0.262 e.